The molecule has 0 bridgehead atoms. The van der Waals surface area contributed by atoms with Crippen molar-refractivity contribution in [2.24, 2.45) is 5.92 Å². The van der Waals surface area contributed by atoms with Gasteiger partial charge in [0.2, 0.25) is 5.92 Å². The van der Waals surface area contributed by atoms with Gasteiger partial charge in [-0.15, -0.1) is 0 Å². The van der Waals surface area contributed by atoms with Crippen LogP contribution in [0.15, 0.2) is 0 Å². The van der Waals surface area contributed by atoms with Crippen molar-refractivity contribution in [3.63, 3.8) is 0 Å². The molecule has 0 N–H and O–H groups in total. The van der Waals surface area contributed by atoms with Gasteiger partial charge >= 0.3 is 0 Å². The van der Waals surface area contributed by atoms with E-state index < -0.39 is 5.92 Å². The summed E-state index contributed by atoms with van der Waals surface area (Å²) in [6.07, 6.45) is 3.86. The zero-order valence-electron chi connectivity index (χ0n) is 11.1. The predicted molar refractivity (Wildman–Crippen MR) is 64.0 cm³/mol. The van der Waals surface area contributed by atoms with Gasteiger partial charge in [-0.25, -0.2) is 8.78 Å². The molecule has 0 heterocycles. The number of alkyl halides is 2. The fourth-order valence-corrected chi connectivity index (χ4v) is 2.02. The minimum atomic E-state index is -2.55. The number of rotatable bonds is 9. The summed E-state index contributed by atoms with van der Waals surface area (Å²) in [5.74, 6) is -2.53. The Kier molecular flexibility index (Phi) is 7.90. The van der Waals surface area contributed by atoms with Crippen LogP contribution in [0.4, 0.5) is 8.78 Å². The number of halogens is 2. The van der Waals surface area contributed by atoms with Crippen LogP contribution in [0.5, 0.6) is 0 Å². The molecule has 0 aliphatic carbocycles. The highest BCUT2D eigenvalue weighted by Crippen LogP contribution is 2.26. The van der Waals surface area contributed by atoms with Crippen molar-refractivity contribution in [1.29, 1.82) is 0 Å². The first-order valence-electron chi connectivity index (χ1n) is 6.38. The van der Waals surface area contributed by atoms with Crippen LogP contribution in [0.2, 0.25) is 0 Å². The Labute approximate surface area is 98.6 Å². The van der Waals surface area contributed by atoms with E-state index in [9.17, 15) is 8.78 Å². The SMILES string of the molecule is CCCOC(CCC)CC(C)CC(C)(F)F. The Morgan fingerprint density at radius 2 is 1.81 bits per heavy atom. The summed E-state index contributed by atoms with van der Waals surface area (Å²) in [4.78, 5) is 0. The van der Waals surface area contributed by atoms with Crippen LogP contribution in [0.1, 0.15) is 59.8 Å². The smallest absolute Gasteiger partial charge is 0.245 e. The van der Waals surface area contributed by atoms with E-state index in [4.69, 9.17) is 4.74 Å². The second-order valence-corrected chi connectivity index (χ2v) is 4.90. The molecule has 0 aromatic carbocycles. The summed E-state index contributed by atoms with van der Waals surface area (Å²) in [5, 5.41) is 0. The minimum absolute atomic E-state index is 0.0217. The maximum atomic E-state index is 12.8. The lowest BCUT2D eigenvalue weighted by Gasteiger charge is -2.23. The van der Waals surface area contributed by atoms with E-state index in [1.807, 2.05) is 6.92 Å². The largest absolute Gasteiger partial charge is 0.378 e. The van der Waals surface area contributed by atoms with Crippen molar-refractivity contribution in [3.8, 4) is 0 Å². The van der Waals surface area contributed by atoms with E-state index in [1.54, 1.807) is 0 Å². The highest BCUT2D eigenvalue weighted by atomic mass is 19.3. The Morgan fingerprint density at radius 1 is 1.19 bits per heavy atom. The van der Waals surface area contributed by atoms with Gasteiger partial charge < -0.3 is 4.74 Å². The van der Waals surface area contributed by atoms with Crippen molar-refractivity contribution < 1.29 is 13.5 Å². The Morgan fingerprint density at radius 3 is 2.25 bits per heavy atom. The fourth-order valence-electron chi connectivity index (χ4n) is 2.02. The third-order valence-electron chi connectivity index (χ3n) is 2.54. The highest BCUT2D eigenvalue weighted by Gasteiger charge is 2.25. The van der Waals surface area contributed by atoms with E-state index in [2.05, 4.69) is 13.8 Å². The van der Waals surface area contributed by atoms with Gasteiger partial charge in [0.05, 0.1) is 6.10 Å². The fraction of sp³-hybridized carbons (Fsp3) is 1.00. The molecule has 0 aromatic heterocycles. The molecule has 0 rings (SSSR count). The zero-order chi connectivity index (χ0) is 12.6. The van der Waals surface area contributed by atoms with Gasteiger partial charge in [-0.2, -0.15) is 0 Å². The molecule has 1 nitrogen and oxygen atoms in total. The van der Waals surface area contributed by atoms with Crippen molar-refractivity contribution in [2.75, 3.05) is 6.61 Å². The zero-order valence-corrected chi connectivity index (χ0v) is 11.1. The van der Waals surface area contributed by atoms with Crippen LogP contribution in [-0.4, -0.2) is 18.6 Å². The minimum Gasteiger partial charge on any atom is -0.378 e. The van der Waals surface area contributed by atoms with E-state index in [0.29, 0.717) is 0 Å². The second kappa shape index (κ2) is 7.99. The monoisotopic (exact) mass is 236 g/mol. The predicted octanol–water partition coefficient (Wildman–Crippen LogP) is 4.65. The number of hydrogen-bond donors (Lipinski definition) is 0. The van der Waals surface area contributed by atoms with Crippen molar-refractivity contribution in [2.45, 2.75) is 71.8 Å². The van der Waals surface area contributed by atoms with Gasteiger partial charge in [0, 0.05) is 13.0 Å². The van der Waals surface area contributed by atoms with Crippen LogP contribution in [-0.2, 0) is 4.74 Å². The van der Waals surface area contributed by atoms with Gasteiger partial charge in [-0.3, -0.25) is 0 Å². The Balaban J connectivity index is 3.96. The van der Waals surface area contributed by atoms with Gasteiger partial charge in [-0.1, -0.05) is 27.2 Å². The van der Waals surface area contributed by atoms with Gasteiger partial charge in [-0.05, 0) is 32.1 Å². The molecular weight excluding hydrogens is 210 g/mol. The van der Waals surface area contributed by atoms with Crippen LogP contribution < -0.4 is 0 Å². The van der Waals surface area contributed by atoms with Gasteiger partial charge in [0.1, 0.15) is 0 Å². The van der Waals surface area contributed by atoms with Gasteiger partial charge in [0.15, 0.2) is 0 Å². The molecule has 2 atom stereocenters. The summed E-state index contributed by atoms with van der Waals surface area (Å²) in [6.45, 7) is 7.77. The van der Waals surface area contributed by atoms with Gasteiger partial charge in [0.25, 0.3) is 0 Å². The van der Waals surface area contributed by atoms with Crippen LogP contribution in [0.25, 0.3) is 0 Å². The number of ether oxygens (including phenoxy) is 1. The summed E-state index contributed by atoms with van der Waals surface area (Å²) < 4.78 is 31.3. The Hall–Kier alpha value is -0.180. The average Bonchev–Trinajstić information content (AvgIpc) is 2.11. The van der Waals surface area contributed by atoms with E-state index in [-0.39, 0.29) is 18.4 Å². The first kappa shape index (κ1) is 15.8. The molecule has 3 heteroatoms. The summed E-state index contributed by atoms with van der Waals surface area (Å²) in [7, 11) is 0. The topological polar surface area (TPSA) is 9.23 Å². The molecular formula is C13H26F2O. The first-order chi connectivity index (χ1) is 7.39. The molecule has 0 saturated heterocycles. The van der Waals surface area contributed by atoms with E-state index >= 15 is 0 Å². The molecule has 0 fully saturated rings. The quantitative estimate of drug-likeness (QED) is 0.566. The molecule has 0 aliphatic rings. The Bertz CT molecular complexity index is 166. The summed E-state index contributed by atoms with van der Waals surface area (Å²) in [5.41, 5.74) is 0. The van der Waals surface area contributed by atoms with Crippen LogP contribution >= 0.6 is 0 Å². The second-order valence-electron chi connectivity index (χ2n) is 4.90. The molecule has 0 saturated carbocycles. The molecule has 98 valence electrons. The van der Waals surface area contributed by atoms with Crippen LogP contribution in [0.3, 0.4) is 0 Å². The molecule has 0 aliphatic heterocycles. The molecule has 0 aromatic rings. The van der Waals surface area contributed by atoms with Crippen LogP contribution in [0, 0.1) is 5.92 Å². The number of hydrogen-bond acceptors (Lipinski definition) is 1. The normalized spacial score (nSPS) is 16.1. The van der Waals surface area contributed by atoms with Crippen molar-refractivity contribution >= 4 is 0 Å². The third-order valence-corrected chi connectivity index (χ3v) is 2.54. The van der Waals surface area contributed by atoms with Crippen molar-refractivity contribution in [3.05, 3.63) is 0 Å². The van der Waals surface area contributed by atoms with E-state index in [1.165, 1.54) is 0 Å². The average molecular weight is 236 g/mol. The molecule has 0 spiro atoms. The first-order valence-corrected chi connectivity index (χ1v) is 6.38. The maximum absolute atomic E-state index is 12.8. The van der Waals surface area contributed by atoms with Crippen molar-refractivity contribution in [1.82, 2.24) is 0 Å². The summed E-state index contributed by atoms with van der Waals surface area (Å²) in [6, 6.07) is 0. The molecule has 0 radical (unpaired) electrons. The lowest BCUT2D eigenvalue weighted by molar-refractivity contribution is -0.0182. The highest BCUT2D eigenvalue weighted by molar-refractivity contribution is 4.69. The summed E-state index contributed by atoms with van der Waals surface area (Å²) >= 11 is 0. The standard InChI is InChI=1S/C13H26F2O/c1-5-7-12(16-8-6-2)9-11(3)10-13(4,14)15/h11-12H,5-10H2,1-4H3. The van der Waals surface area contributed by atoms with E-state index in [0.717, 1.165) is 39.2 Å². The molecule has 16 heavy (non-hydrogen) atoms. The maximum Gasteiger partial charge on any atom is 0.245 e. The lowest BCUT2D eigenvalue weighted by atomic mass is 9.95. The third kappa shape index (κ3) is 9.08. The lowest BCUT2D eigenvalue weighted by Crippen LogP contribution is -2.21. The molecule has 2 unspecified atom stereocenters. The molecule has 0 amide bonds.